The summed E-state index contributed by atoms with van der Waals surface area (Å²) in [5.74, 6) is 0.134. The molecule has 0 saturated carbocycles. The monoisotopic (exact) mass is 193 g/mol. The molecule has 0 saturated heterocycles. The first-order valence-electron chi connectivity index (χ1n) is 3.92. The summed E-state index contributed by atoms with van der Waals surface area (Å²) in [7, 11) is 0. The first-order valence-corrected chi connectivity index (χ1v) is 3.92. The lowest BCUT2D eigenvalue weighted by molar-refractivity contribution is -0.131. The summed E-state index contributed by atoms with van der Waals surface area (Å²) in [4.78, 5) is 10.7. The van der Waals surface area contributed by atoms with E-state index in [9.17, 15) is 4.79 Å². The minimum Gasteiger partial charge on any atom is -0.460 e. The quantitative estimate of drug-likeness (QED) is 0.706. The predicted molar refractivity (Wildman–Crippen MR) is 52.5 cm³/mol. The van der Waals surface area contributed by atoms with Crippen LogP contribution in [0.25, 0.3) is 11.0 Å². The third-order valence-electron chi connectivity index (χ3n) is 1.70. The van der Waals surface area contributed by atoms with Crippen LogP contribution in [0, 0.1) is 0 Å². The number of hydrogen-bond acceptors (Lipinski definition) is 4. The molecule has 1 aromatic carbocycles. The van der Waals surface area contributed by atoms with Gasteiger partial charge >= 0.3 is 5.97 Å². The van der Waals surface area contributed by atoms with Gasteiger partial charge in [-0.2, -0.15) is 0 Å². The van der Waals surface area contributed by atoms with Crippen LogP contribution >= 0.6 is 0 Å². The largest absolute Gasteiger partial charge is 0.460 e. The highest BCUT2D eigenvalue weighted by molar-refractivity contribution is 5.86. The van der Waals surface area contributed by atoms with Crippen LogP contribution < -0.4 is 10.9 Å². The van der Waals surface area contributed by atoms with Gasteiger partial charge < -0.3 is 15.3 Å². The summed E-state index contributed by atoms with van der Waals surface area (Å²) < 4.78 is 10.1. The number of rotatable bonds is 1. The minimum atomic E-state index is -0.341. The van der Waals surface area contributed by atoms with Gasteiger partial charge in [-0.05, 0) is 12.1 Å². The molecule has 2 rings (SSSR count). The highest BCUT2D eigenvalue weighted by Gasteiger charge is 2.07. The van der Waals surface area contributed by atoms with Crippen molar-refractivity contribution in [3.63, 3.8) is 0 Å². The molecule has 3 N–H and O–H groups in total. The van der Waals surface area contributed by atoms with Gasteiger partial charge in [0, 0.05) is 6.92 Å². The SMILES string of the molecule is CC(=O)Oc1coc2ccccc12.N. The van der Waals surface area contributed by atoms with Crippen molar-refractivity contribution in [2.45, 2.75) is 6.92 Å². The molecule has 4 nitrogen and oxygen atoms in total. The molecule has 74 valence electrons. The maximum atomic E-state index is 10.7. The summed E-state index contributed by atoms with van der Waals surface area (Å²) in [5.41, 5.74) is 0.721. The molecule has 0 amide bonds. The van der Waals surface area contributed by atoms with E-state index in [0.29, 0.717) is 5.75 Å². The van der Waals surface area contributed by atoms with Crippen LogP contribution in [-0.4, -0.2) is 5.97 Å². The van der Waals surface area contributed by atoms with E-state index < -0.39 is 0 Å². The Bertz CT molecular complexity index is 447. The Kier molecular flexibility index (Phi) is 2.89. The van der Waals surface area contributed by atoms with Gasteiger partial charge in [-0.15, -0.1) is 0 Å². The van der Waals surface area contributed by atoms with E-state index in [-0.39, 0.29) is 12.1 Å². The second-order valence-corrected chi connectivity index (χ2v) is 2.69. The topological polar surface area (TPSA) is 74.4 Å². The first kappa shape index (κ1) is 10.3. The van der Waals surface area contributed by atoms with E-state index in [0.717, 1.165) is 11.0 Å². The van der Waals surface area contributed by atoms with Crippen molar-refractivity contribution in [3.8, 4) is 5.75 Å². The molecule has 0 fully saturated rings. The van der Waals surface area contributed by atoms with Crippen LogP contribution in [-0.2, 0) is 4.79 Å². The van der Waals surface area contributed by atoms with Crippen molar-refractivity contribution in [3.05, 3.63) is 30.5 Å². The number of esters is 1. The minimum absolute atomic E-state index is 0. The lowest BCUT2D eigenvalue weighted by atomic mass is 10.2. The van der Waals surface area contributed by atoms with E-state index >= 15 is 0 Å². The molecule has 0 aliphatic rings. The van der Waals surface area contributed by atoms with Gasteiger partial charge in [0.15, 0.2) is 5.75 Å². The van der Waals surface area contributed by atoms with Gasteiger partial charge in [-0.25, -0.2) is 0 Å². The smallest absolute Gasteiger partial charge is 0.308 e. The van der Waals surface area contributed by atoms with Crippen LogP contribution in [0.4, 0.5) is 0 Å². The number of para-hydroxylation sites is 1. The molecule has 1 heterocycles. The second kappa shape index (κ2) is 3.93. The van der Waals surface area contributed by atoms with Gasteiger partial charge in [0.05, 0.1) is 5.39 Å². The average molecular weight is 193 g/mol. The summed E-state index contributed by atoms with van der Waals surface area (Å²) in [6.07, 6.45) is 1.44. The van der Waals surface area contributed by atoms with E-state index in [1.54, 1.807) is 0 Å². The molecule has 0 unspecified atom stereocenters. The van der Waals surface area contributed by atoms with Crippen molar-refractivity contribution in [1.29, 1.82) is 0 Å². The maximum absolute atomic E-state index is 10.7. The Morgan fingerprint density at radius 1 is 1.36 bits per heavy atom. The maximum Gasteiger partial charge on any atom is 0.308 e. The summed E-state index contributed by atoms with van der Waals surface area (Å²) in [5, 5.41) is 0.817. The van der Waals surface area contributed by atoms with Crippen LogP contribution in [0.15, 0.2) is 34.9 Å². The summed E-state index contributed by atoms with van der Waals surface area (Å²) in [6, 6.07) is 7.40. The molecular formula is C10H11NO3. The van der Waals surface area contributed by atoms with Crippen molar-refractivity contribution in [2.24, 2.45) is 0 Å². The zero-order valence-corrected chi connectivity index (χ0v) is 7.82. The number of furan rings is 1. The van der Waals surface area contributed by atoms with E-state index in [1.807, 2.05) is 24.3 Å². The Morgan fingerprint density at radius 2 is 2.07 bits per heavy atom. The van der Waals surface area contributed by atoms with Crippen molar-refractivity contribution in [1.82, 2.24) is 6.15 Å². The number of carbonyl (C=O) groups is 1. The van der Waals surface area contributed by atoms with Gasteiger partial charge in [0.1, 0.15) is 11.8 Å². The third kappa shape index (κ3) is 1.75. The fourth-order valence-electron chi connectivity index (χ4n) is 1.19. The first-order chi connectivity index (χ1) is 6.27. The number of carbonyl (C=O) groups excluding carboxylic acids is 1. The molecule has 1 aromatic heterocycles. The van der Waals surface area contributed by atoms with E-state index in [1.165, 1.54) is 13.2 Å². The number of hydrogen-bond donors (Lipinski definition) is 1. The van der Waals surface area contributed by atoms with E-state index in [2.05, 4.69) is 0 Å². The molecule has 0 aliphatic carbocycles. The zero-order valence-electron chi connectivity index (χ0n) is 7.82. The zero-order chi connectivity index (χ0) is 9.26. The van der Waals surface area contributed by atoms with Gasteiger partial charge in [-0.3, -0.25) is 4.79 Å². The van der Waals surface area contributed by atoms with Crippen molar-refractivity contribution < 1.29 is 13.9 Å². The van der Waals surface area contributed by atoms with Crippen LogP contribution in [0.3, 0.4) is 0 Å². The molecule has 0 spiro atoms. The van der Waals surface area contributed by atoms with Crippen LogP contribution in [0.1, 0.15) is 6.92 Å². The average Bonchev–Trinajstić information content (AvgIpc) is 2.48. The standard InChI is InChI=1S/C10H8O3.H3N/c1-7(11)13-10-6-12-9-5-3-2-4-8(9)10;/h2-6H,1H3;1H3. The fraction of sp³-hybridized carbons (Fsp3) is 0.100. The Hall–Kier alpha value is -1.81. The number of fused-ring (bicyclic) bond motifs is 1. The summed E-state index contributed by atoms with van der Waals surface area (Å²) >= 11 is 0. The Balaban J connectivity index is 0.000000980. The lowest BCUT2D eigenvalue weighted by Gasteiger charge is -1.95. The molecule has 0 atom stereocenters. The van der Waals surface area contributed by atoms with Crippen LogP contribution in [0.5, 0.6) is 5.75 Å². The van der Waals surface area contributed by atoms with Gasteiger partial charge in [0.25, 0.3) is 0 Å². The van der Waals surface area contributed by atoms with Gasteiger partial charge in [0.2, 0.25) is 0 Å². The third-order valence-corrected chi connectivity index (χ3v) is 1.70. The Labute approximate surface area is 81.0 Å². The Morgan fingerprint density at radius 3 is 2.79 bits per heavy atom. The van der Waals surface area contributed by atoms with Gasteiger partial charge in [-0.1, -0.05) is 12.1 Å². The molecule has 14 heavy (non-hydrogen) atoms. The van der Waals surface area contributed by atoms with Crippen molar-refractivity contribution in [2.75, 3.05) is 0 Å². The highest BCUT2D eigenvalue weighted by Crippen LogP contribution is 2.27. The normalized spacial score (nSPS) is 9.50. The fourth-order valence-corrected chi connectivity index (χ4v) is 1.19. The molecule has 4 heteroatoms. The lowest BCUT2D eigenvalue weighted by Crippen LogP contribution is -2.00. The molecule has 2 aromatic rings. The molecule has 0 bridgehead atoms. The molecule has 0 radical (unpaired) electrons. The molecular weight excluding hydrogens is 182 g/mol. The predicted octanol–water partition coefficient (Wildman–Crippen LogP) is 2.52. The summed E-state index contributed by atoms with van der Waals surface area (Å²) in [6.45, 7) is 1.36. The van der Waals surface area contributed by atoms with Crippen molar-refractivity contribution >= 4 is 16.9 Å². The number of ether oxygens (including phenoxy) is 1. The highest BCUT2D eigenvalue weighted by atomic mass is 16.5. The molecule has 0 aliphatic heterocycles. The second-order valence-electron chi connectivity index (χ2n) is 2.69. The van der Waals surface area contributed by atoms with Crippen LogP contribution in [0.2, 0.25) is 0 Å². The van der Waals surface area contributed by atoms with E-state index in [4.69, 9.17) is 9.15 Å². The number of benzene rings is 1.